The van der Waals surface area contributed by atoms with Crippen LogP contribution in [0.1, 0.15) is 12.5 Å². The molecule has 0 fully saturated rings. The van der Waals surface area contributed by atoms with Crippen LogP contribution in [0.2, 0.25) is 0 Å². The molecule has 1 aromatic heterocycles. The van der Waals surface area contributed by atoms with E-state index in [1.807, 2.05) is 60.7 Å². The zero-order valence-corrected chi connectivity index (χ0v) is 16.7. The Morgan fingerprint density at radius 2 is 1.57 bits per heavy atom. The molecule has 0 unspecified atom stereocenters. The summed E-state index contributed by atoms with van der Waals surface area (Å²) in [5, 5.41) is 2.77. The van der Waals surface area contributed by atoms with E-state index in [1.54, 1.807) is 11.5 Å². The number of hydrogen-bond acceptors (Lipinski definition) is 5. The summed E-state index contributed by atoms with van der Waals surface area (Å²) in [5.41, 5.74) is 1.73. The van der Waals surface area contributed by atoms with Crippen LogP contribution in [-0.4, -0.2) is 23.3 Å². The fraction of sp³-hybridized carbons (Fsp3) is 0.158. The molecule has 0 aliphatic heterocycles. The molecule has 3 amide bonds. The van der Waals surface area contributed by atoms with Gasteiger partial charge in [0.2, 0.25) is 9.60 Å². The lowest BCUT2D eigenvalue weighted by Crippen LogP contribution is -2.28. The van der Waals surface area contributed by atoms with Crippen LogP contribution >= 0.6 is 20.7 Å². The summed E-state index contributed by atoms with van der Waals surface area (Å²) < 4.78 is 6.56. The zero-order chi connectivity index (χ0) is 19.8. The van der Waals surface area contributed by atoms with Gasteiger partial charge >= 0.3 is 12.1 Å². The molecule has 0 aliphatic carbocycles. The Bertz CT molecular complexity index is 1070. The molecule has 0 spiro atoms. The van der Waals surface area contributed by atoms with Crippen LogP contribution in [-0.2, 0) is 11.3 Å². The van der Waals surface area contributed by atoms with Crippen molar-refractivity contribution >= 4 is 32.8 Å². The lowest BCUT2D eigenvalue weighted by molar-refractivity contribution is 0.162. The molecule has 144 valence electrons. The number of nitrogens with one attached hydrogen (secondary N) is 1. The highest BCUT2D eigenvalue weighted by Crippen LogP contribution is 2.05. The van der Waals surface area contributed by atoms with Crippen molar-refractivity contribution < 1.29 is 14.3 Å². The second kappa shape index (κ2) is 9.77. The maximum absolute atomic E-state index is 12.3. The molecule has 0 radical (unpaired) electrons. The smallest absolute Gasteiger partial charge is 0.436 e. The van der Waals surface area contributed by atoms with Crippen molar-refractivity contribution in [2.45, 2.75) is 13.5 Å². The average molecular weight is 415 g/mol. The van der Waals surface area contributed by atoms with Gasteiger partial charge in [-0.05, 0) is 45.3 Å². The fourth-order valence-electron chi connectivity index (χ4n) is 2.30. The third-order valence-corrected chi connectivity index (χ3v) is 5.60. The number of hydrogen-bond donors (Lipinski definition) is 1. The van der Waals surface area contributed by atoms with E-state index in [9.17, 15) is 9.59 Å². The third kappa shape index (κ3) is 5.24. The molecule has 1 N–H and O–H groups in total. The number of benzene rings is 2. The van der Waals surface area contributed by atoms with Crippen molar-refractivity contribution in [1.82, 2.24) is 9.88 Å². The van der Waals surface area contributed by atoms with Gasteiger partial charge in [-0.1, -0.05) is 48.5 Å². The van der Waals surface area contributed by atoms with Crippen LogP contribution in [0.15, 0.2) is 70.6 Å². The van der Waals surface area contributed by atoms with E-state index in [0.717, 1.165) is 11.3 Å². The maximum Gasteiger partial charge on any atom is 0.436 e. The van der Waals surface area contributed by atoms with Crippen LogP contribution in [0.4, 0.5) is 9.59 Å². The van der Waals surface area contributed by atoms with Gasteiger partial charge < -0.3 is 10.1 Å². The van der Waals surface area contributed by atoms with Crippen LogP contribution in [0, 0.1) is 0 Å². The Morgan fingerprint density at radius 3 is 2.21 bits per heavy atom. The zero-order valence-electron chi connectivity index (χ0n) is 15.1. The summed E-state index contributed by atoms with van der Waals surface area (Å²) in [6.07, 6.45) is -0.679. The monoisotopic (exact) mass is 414 g/mol. The second-order valence-electron chi connectivity index (χ2n) is 5.47. The van der Waals surface area contributed by atoms with Crippen LogP contribution in [0.5, 0.6) is 0 Å². The van der Waals surface area contributed by atoms with Gasteiger partial charge in [0, 0.05) is 6.54 Å². The topological polar surface area (TPSA) is 85.1 Å². The summed E-state index contributed by atoms with van der Waals surface area (Å²) in [4.78, 5) is 33.0. The predicted octanol–water partition coefficient (Wildman–Crippen LogP) is 3.47. The van der Waals surface area contributed by atoms with Crippen molar-refractivity contribution in [3.8, 4) is 5.69 Å². The van der Waals surface area contributed by atoms with Crippen molar-refractivity contribution in [2.24, 2.45) is 9.98 Å². The van der Waals surface area contributed by atoms with Crippen molar-refractivity contribution in [3.63, 3.8) is 0 Å². The fourth-order valence-corrected chi connectivity index (χ4v) is 4.39. The quantitative estimate of drug-likeness (QED) is 0.664. The number of para-hydroxylation sites is 1. The summed E-state index contributed by atoms with van der Waals surface area (Å²) in [5.74, 6) is 0. The van der Waals surface area contributed by atoms with E-state index < -0.39 is 12.1 Å². The van der Waals surface area contributed by atoms with Gasteiger partial charge in [-0.25, -0.2) is 9.59 Å². The third-order valence-electron chi connectivity index (χ3n) is 3.53. The van der Waals surface area contributed by atoms with Gasteiger partial charge in [0.05, 0.1) is 12.3 Å². The lowest BCUT2D eigenvalue weighted by Gasteiger charge is -2.03. The van der Waals surface area contributed by atoms with Crippen LogP contribution in [0.25, 0.3) is 5.69 Å². The average Bonchev–Trinajstić information content (AvgIpc) is 3.10. The highest BCUT2D eigenvalue weighted by atomic mass is 32.9. The molecule has 3 aromatic rings. The summed E-state index contributed by atoms with van der Waals surface area (Å²) in [6, 6.07) is 18.4. The maximum atomic E-state index is 12.3. The number of carbonyl (C=O) groups excluding carboxylic acids is 2. The van der Waals surface area contributed by atoms with E-state index in [2.05, 4.69) is 15.3 Å². The van der Waals surface area contributed by atoms with Gasteiger partial charge in [-0.15, -0.1) is 4.99 Å². The molecule has 28 heavy (non-hydrogen) atoms. The van der Waals surface area contributed by atoms with E-state index >= 15 is 0 Å². The van der Waals surface area contributed by atoms with Gasteiger partial charge in [0.1, 0.15) is 0 Å². The number of nitrogens with zero attached hydrogens (tertiary/aromatic N) is 3. The number of urea groups is 1. The molecule has 1 heterocycles. The second-order valence-corrected chi connectivity index (χ2v) is 7.53. The first-order valence-corrected chi connectivity index (χ1v) is 10.7. The molecular formula is C19H18N4O3S2. The first kappa shape index (κ1) is 19.7. The Morgan fingerprint density at radius 1 is 0.964 bits per heavy atom. The molecular weight excluding hydrogens is 396 g/mol. The standard InChI is InChI=1S/C19H18N4O3S2/c1-2-26-19(25)22-18-23(15-11-7-4-8-12-15)17(27-28-18)21-16(24)20-13-14-9-5-3-6-10-14/h3-12H,2,13H2,1H3,(H,20,24)/b21-17-,22-18-. The Kier molecular flexibility index (Phi) is 6.88. The molecule has 7 nitrogen and oxygen atoms in total. The molecule has 0 saturated carbocycles. The number of ether oxygens (including phenoxy) is 1. The summed E-state index contributed by atoms with van der Waals surface area (Å²) in [7, 11) is 2.50. The highest BCUT2D eigenvalue weighted by molar-refractivity contribution is 7.67. The molecule has 0 saturated heterocycles. The SMILES string of the molecule is CCOC(=O)/N=c1\ss/c(=N\C(=O)NCc2ccccc2)n1-c1ccccc1. The van der Waals surface area contributed by atoms with Crippen LogP contribution < -0.4 is 14.9 Å². The van der Waals surface area contributed by atoms with Gasteiger partial charge in [-0.3, -0.25) is 4.57 Å². The first-order valence-electron chi connectivity index (χ1n) is 8.53. The largest absolute Gasteiger partial charge is 0.448 e. The number of carbonyl (C=O) groups is 2. The lowest BCUT2D eigenvalue weighted by atomic mass is 10.2. The molecule has 3 rings (SSSR count). The van der Waals surface area contributed by atoms with E-state index in [0.29, 0.717) is 16.1 Å². The van der Waals surface area contributed by atoms with Gasteiger partial charge in [-0.2, -0.15) is 4.99 Å². The molecule has 9 heteroatoms. The minimum Gasteiger partial charge on any atom is -0.448 e. The number of rotatable bonds is 4. The first-order chi connectivity index (χ1) is 13.7. The summed E-state index contributed by atoms with van der Waals surface area (Å²) >= 11 is 0. The van der Waals surface area contributed by atoms with Crippen molar-refractivity contribution in [3.05, 3.63) is 75.8 Å². The normalized spacial score (nSPS) is 12.0. The van der Waals surface area contributed by atoms with Gasteiger partial charge in [0.15, 0.2) is 0 Å². The highest BCUT2D eigenvalue weighted by Gasteiger charge is 2.09. The minimum atomic E-state index is -0.679. The van der Waals surface area contributed by atoms with Crippen LogP contribution in [0.3, 0.4) is 0 Å². The van der Waals surface area contributed by atoms with E-state index in [-0.39, 0.29) is 6.61 Å². The molecule has 0 atom stereocenters. The number of amides is 3. The summed E-state index contributed by atoms with van der Waals surface area (Å²) in [6.45, 7) is 2.33. The Hall–Kier alpha value is -3.04. The van der Waals surface area contributed by atoms with E-state index in [4.69, 9.17) is 4.74 Å². The van der Waals surface area contributed by atoms with E-state index in [1.165, 1.54) is 20.7 Å². The molecule has 0 bridgehead atoms. The van der Waals surface area contributed by atoms with Crippen molar-refractivity contribution in [1.29, 1.82) is 0 Å². The molecule has 2 aromatic carbocycles. The number of aromatic nitrogens is 1. The Labute approximate surface area is 168 Å². The van der Waals surface area contributed by atoms with Crippen molar-refractivity contribution in [2.75, 3.05) is 6.61 Å². The van der Waals surface area contributed by atoms with Gasteiger partial charge in [0.25, 0.3) is 0 Å². The molecule has 0 aliphatic rings. The Balaban J connectivity index is 1.94. The minimum absolute atomic E-state index is 0.238. The predicted molar refractivity (Wildman–Crippen MR) is 108 cm³/mol.